The number of carbonyl (C=O) groups excluding carboxylic acids is 1. The van der Waals surface area contributed by atoms with Crippen LogP contribution in [0.5, 0.6) is 0 Å². The second-order valence-electron chi connectivity index (χ2n) is 3.04. The van der Waals surface area contributed by atoms with Crippen LogP contribution in [-0.2, 0) is 11.2 Å². The van der Waals surface area contributed by atoms with Crippen LogP contribution in [0.4, 0.5) is 18.9 Å². The first-order chi connectivity index (χ1) is 7.88. The van der Waals surface area contributed by atoms with Crippen LogP contribution in [0.3, 0.4) is 0 Å². The monoisotopic (exact) mass is 268 g/mol. The van der Waals surface area contributed by atoms with Gasteiger partial charge in [0.2, 0.25) is 6.43 Å². The van der Waals surface area contributed by atoms with E-state index in [0.29, 0.717) is 0 Å². The maximum absolute atomic E-state index is 13.4. The lowest BCUT2D eigenvalue weighted by Crippen LogP contribution is -2.13. The van der Waals surface area contributed by atoms with Crippen molar-refractivity contribution in [3.8, 4) is 0 Å². The van der Waals surface area contributed by atoms with Gasteiger partial charge in [-0.05, 0) is 0 Å². The summed E-state index contributed by atoms with van der Waals surface area (Å²) in [6.07, 6.45) is -3.78. The molecule has 0 unspecified atom stereocenters. The van der Waals surface area contributed by atoms with Gasteiger partial charge < -0.3 is 10.5 Å². The molecule has 1 aromatic rings. The van der Waals surface area contributed by atoms with Gasteiger partial charge in [-0.25, -0.2) is 22.9 Å². The molecule has 0 aromatic carbocycles. The smallest absolute Gasteiger partial charge is 0.358 e. The van der Waals surface area contributed by atoms with Crippen LogP contribution in [0, 0.1) is 5.82 Å². The number of pyridine rings is 1. The molecule has 0 fully saturated rings. The van der Waals surface area contributed by atoms with Crippen LogP contribution in [0.1, 0.15) is 16.2 Å². The highest BCUT2D eigenvalue weighted by atomic mass is 35.5. The minimum Gasteiger partial charge on any atom is -0.464 e. The summed E-state index contributed by atoms with van der Waals surface area (Å²) >= 11 is 5.56. The summed E-state index contributed by atoms with van der Waals surface area (Å²) < 4.78 is 42.0. The van der Waals surface area contributed by atoms with Crippen molar-refractivity contribution in [1.82, 2.24) is 4.98 Å². The van der Waals surface area contributed by atoms with Gasteiger partial charge in [0.1, 0.15) is 0 Å². The van der Waals surface area contributed by atoms with E-state index in [-0.39, 0.29) is 0 Å². The van der Waals surface area contributed by atoms with E-state index in [1.54, 1.807) is 0 Å². The standard InChI is InChI=1S/C9H8ClF3N2O2/c1-17-9(16)8-5(10)7(14)6(13)3(15-8)2-4(11)12/h4H,2H2,1H3,(H2,14,15). The zero-order valence-electron chi connectivity index (χ0n) is 8.64. The highest BCUT2D eigenvalue weighted by Crippen LogP contribution is 2.28. The zero-order chi connectivity index (χ0) is 13.2. The molecule has 0 amide bonds. The molecule has 0 aliphatic heterocycles. The molecule has 1 aromatic heterocycles. The summed E-state index contributed by atoms with van der Waals surface area (Å²) in [6, 6.07) is 0. The lowest BCUT2D eigenvalue weighted by molar-refractivity contribution is 0.0593. The number of aromatic nitrogens is 1. The second kappa shape index (κ2) is 5.22. The minimum atomic E-state index is -2.82. The van der Waals surface area contributed by atoms with Crippen molar-refractivity contribution >= 4 is 23.3 Å². The zero-order valence-corrected chi connectivity index (χ0v) is 9.39. The Bertz CT molecular complexity index is 454. The van der Waals surface area contributed by atoms with Crippen molar-refractivity contribution in [2.24, 2.45) is 0 Å². The summed E-state index contributed by atoms with van der Waals surface area (Å²) in [5.41, 5.74) is 3.55. The predicted molar refractivity (Wildman–Crippen MR) is 54.7 cm³/mol. The third kappa shape index (κ3) is 2.79. The highest BCUT2D eigenvalue weighted by Gasteiger charge is 2.23. The SMILES string of the molecule is COC(=O)c1nc(CC(F)F)c(F)c(N)c1Cl. The summed E-state index contributed by atoms with van der Waals surface area (Å²) in [6.45, 7) is 0. The number of nitrogens with zero attached hydrogens (tertiary/aromatic N) is 1. The van der Waals surface area contributed by atoms with Crippen molar-refractivity contribution in [3.05, 3.63) is 22.2 Å². The van der Waals surface area contributed by atoms with E-state index in [1.165, 1.54) is 0 Å². The number of halogens is 4. The molecule has 1 heterocycles. The number of alkyl halides is 2. The predicted octanol–water partition coefficient (Wildman–Crippen LogP) is 2.05. The van der Waals surface area contributed by atoms with Crippen molar-refractivity contribution in [3.63, 3.8) is 0 Å². The first-order valence-electron chi connectivity index (χ1n) is 4.38. The van der Waals surface area contributed by atoms with E-state index in [0.717, 1.165) is 7.11 Å². The van der Waals surface area contributed by atoms with Crippen LogP contribution in [0.15, 0.2) is 0 Å². The van der Waals surface area contributed by atoms with Gasteiger partial charge in [0.15, 0.2) is 11.5 Å². The summed E-state index contributed by atoms with van der Waals surface area (Å²) in [5, 5.41) is -0.452. The van der Waals surface area contributed by atoms with Gasteiger partial charge in [0.05, 0.1) is 29.9 Å². The number of hydrogen-bond acceptors (Lipinski definition) is 4. The summed E-state index contributed by atoms with van der Waals surface area (Å²) in [4.78, 5) is 14.6. The molecule has 0 bridgehead atoms. The van der Waals surface area contributed by atoms with Gasteiger partial charge >= 0.3 is 5.97 Å². The van der Waals surface area contributed by atoms with Gasteiger partial charge in [-0.3, -0.25) is 0 Å². The molecule has 0 atom stereocenters. The molecule has 94 valence electrons. The Hall–Kier alpha value is -1.50. The third-order valence-electron chi connectivity index (χ3n) is 1.91. The Kier molecular flexibility index (Phi) is 4.17. The van der Waals surface area contributed by atoms with Crippen molar-refractivity contribution in [2.75, 3.05) is 12.8 Å². The molecule has 0 saturated heterocycles. The van der Waals surface area contributed by atoms with E-state index in [4.69, 9.17) is 17.3 Å². The maximum Gasteiger partial charge on any atom is 0.358 e. The van der Waals surface area contributed by atoms with E-state index >= 15 is 0 Å². The molecule has 4 nitrogen and oxygen atoms in total. The van der Waals surface area contributed by atoms with Gasteiger partial charge in [0, 0.05) is 0 Å². The van der Waals surface area contributed by atoms with Crippen LogP contribution < -0.4 is 5.73 Å². The number of ether oxygens (including phenoxy) is 1. The molecule has 0 spiro atoms. The van der Waals surface area contributed by atoms with Gasteiger partial charge in [-0.1, -0.05) is 11.6 Å². The highest BCUT2D eigenvalue weighted by molar-refractivity contribution is 6.35. The Morgan fingerprint density at radius 1 is 1.59 bits per heavy atom. The fourth-order valence-electron chi connectivity index (χ4n) is 1.13. The average Bonchev–Trinajstić information content (AvgIpc) is 2.28. The number of esters is 1. The molecule has 0 saturated carbocycles. The van der Waals surface area contributed by atoms with Gasteiger partial charge in [0.25, 0.3) is 0 Å². The molecule has 8 heteroatoms. The van der Waals surface area contributed by atoms with Crippen LogP contribution in [0.25, 0.3) is 0 Å². The van der Waals surface area contributed by atoms with Gasteiger partial charge in [-0.15, -0.1) is 0 Å². The number of methoxy groups -OCH3 is 1. The molecule has 2 N–H and O–H groups in total. The van der Waals surface area contributed by atoms with Crippen molar-refractivity contribution < 1.29 is 22.7 Å². The van der Waals surface area contributed by atoms with Crippen LogP contribution in [0.2, 0.25) is 5.02 Å². The number of carbonyl (C=O) groups is 1. The fourth-order valence-corrected chi connectivity index (χ4v) is 1.33. The average molecular weight is 269 g/mol. The first kappa shape index (κ1) is 13.6. The Morgan fingerprint density at radius 3 is 2.65 bits per heavy atom. The van der Waals surface area contributed by atoms with E-state index in [2.05, 4.69) is 9.72 Å². The molecule has 1 rings (SSSR count). The Labute approximate surface area is 99.5 Å². The Morgan fingerprint density at radius 2 is 2.18 bits per heavy atom. The van der Waals surface area contributed by atoms with Crippen LogP contribution >= 0.6 is 11.6 Å². The first-order valence-corrected chi connectivity index (χ1v) is 4.76. The number of hydrogen-bond donors (Lipinski definition) is 1. The lowest BCUT2D eigenvalue weighted by atomic mass is 10.2. The summed E-state index contributed by atoms with van der Waals surface area (Å²) in [7, 11) is 1.05. The Balaban J connectivity index is 3.33. The third-order valence-corrected chi connectivity index (χ3v) is 2.29. The van der Waals surface area contributed by atoms with Crippen molar-refractivity contribution in [1.29, 1.82) is 0 Å². The largest absolute Gasteiger partial charge is 0.464 e. The number of nitrogen functional groups attached to an aromatic ring is 1. The minimum absolute atomic E-state index is 0.452. The quantitative estimate of drug-likeness (QED) is 0.852. The molecule has 0 aliphatic rings. The lowest BCUT2D eigenvalue weighted by Gasteiger charge is -2.09. The molecule has 0 radical (unpaired) electrons. The normalized spacial score (nSPS) is 10.7. The van der Waals surface area contributed by atoms with E-state index in [1.807, 2.05) is 0 Å². The maximum atomic E-state index is 13.4. The van der Waals surface area contributed by atoms with Crippen molar-refractivity contribution in [2.45, 2.75) is 12.8 Å². The molecule has 0 aliphatic carbocycles. The fraction of sp³-hybridized carbons (Fsp3) is 0.333. The van der Waals surface area contributed by atoms with E-state index in [9.17, 15) is 18.0 Å². The molecule has 17 heavy (non-hydrogen) atoms. The van der Waals surface area contributed by atoms with Crippen LogP contribution in [-0.4, -0.2) is 24.5 Å². The number of rotatable bonds is 3. The summed E-state index contributed by atoms with van der Waals surface area (Å²) in [5.74, 6) is -2.12. The van der Waals surface area contributed by atoms with Gasteiger partial charge in [-0.2, -0.15) is 0 Å². The molecular weight excluding hydrogens is 261 g/mol. The number of nitrogens with two attached hydrogens (primary N) is 1. The topological polar surface area (TPSA) is 65.2 Å². The second-order valence-corrected chi connectivity index (χ2v) is 3.41. The molecular formula is C9H8ClF3N2O2. The number of anilines is 1. The van der Waals surface area contributed by atoms with E-state index < -0.39 is 46.7 Å².